The predicted octanol–water partition coefficient (Wildman–Crippen LogP) is 1.98. The fourth-order valence-electron chi connectivity index (χ4n) is 1.99. The number of hydrogen-bond donors (Lipinski definition) is 1. The van der Waals surface area contributed by atoms with E-state index in [0.29, 0.717) is 0 Å². The first-order chi connectivity index (χ1) is 6.74. The van der Waals surface area contributed by atoms with Gasteiger partial charge in [0.2, 0.25) is 0 Å². The van der Waals surface area contributed by atoms with Gasteiger partial charge in [0.1, 0.15) is 5.75 Å². The molecule has 1 aromatic rings. The van der Waals surface area contributed by atoms with Crippen LogP contribution in [0.5, 0.6) is 5.75 Å². The molecule has 0 radical (unpaired) electrons. The van der Waals surface area contributed by atoms with Gasteiger partial charge in [-0.05, 0) is 30.5 Å². The van der Waals surface area contributed by atoms with Crippen LogP contribution in [0.25, 0.3) is 5.57 Å². The summed E-state index contributed by atoms with van der Waals surface area (Å²) in [6.45, 7) is 2.01. The standard InChI is InChI=1S/C12H15NO/c1-8(13)9-6-7-11-10(9)4-3-5-12(11)14-2/h3-6,8H,7,13H2,1-2H3. The lowest BCUT2D eigenvalue weighted by Gasteiger charge is -2.11. The maximum atomic E-state index is 5.89. The highest BCUT2D eigenvalue weighted by Crippen LogP contribution is 2.34. The van der Waals surface area contributed by atoms with Gasteiger partial charge in [0.15, 0.2) is 0 Å². The lowest BCUT2D eigenvalue weighted by atomic mass is 10.0. The van der Waals surface area contributed by atoms with E-state index in [1.165, 1.54) is 16.7 Å². The van der Waals surface area contributed by atoms with Crippen LogP contribution in [0.1, 0.15) is 18.1 Å². The monoisotopic (exact) mass is 189 g/mol. The number of benzene rings is 1. The Hall–Kier alpha value is -1.28. The number of rotatable bonds is 2. The van der Waals surface area contributed by atoms with E-state index in [2.05, 4.69) is 12.1 Å². The summed E-state index contributed by atoms with van der Waals surface area (Å²) in [6, 6.07) is 6.22. The molecule has 74 valence electrons. The average Bonchev–Trinajstić information content (AvgIpc) is 2.60. The van der Waals surface area contributed by atoms with Crippen LogP contribution in [0.2, 0.25) is 0 Å². The summed E-state index contributed by atoms with van der Waals surface area (Å²) in [5.41, 5.74) is 9.65. The Balaban J connectivity index is 2.47. The zero-order valence-electron chi connectivity index (χ0n) is 8.58. The van der Waals surface area contributed by atoms with Gasteiger partial charge in [-0.2, -0.15) is 0 Å². The van der Waals surface area contributed by atoms with Gasteiger partial charge in [-0.3, -0.25) is 0 Å². The molecule has 1 aromatic carbocycles. The van der Waals surface area contributed by atoms with Gasteiger partial charge in [-0.25, -0.2) is 0 Å². The van der Waals surface area contributed by atoms with Crippen LogP contribution >= 0.6 is 0 Å². The minimum atomic E-state index is 0.100. The molecule has 1 aliphatic rings. The Morgan fingerprint density at radius 1 is 1.43 bits per heavy atom. The molecule has 0 bridgehead atoms. The van der Waals surface area contributed by atoms with Crippen LogP contribution < -0.4 is 10.5 Å². The summed E-state index contributed by atoms with van der Waals surface area (Å²) < 4.78 is 5.31. The van der Waals surface area contributed by atoms with Crippen LogP contribution in [0.15, 0.2) is 24.3 Å². The fraction of sp³-hybridized carbons (Fsp3) is 0.333. The van der Waals surface area contributed by atoms with E-state index in [1.807, 2.05) is 19.1 Å². The van der Waals surface area contributed by atoms with Crippen molar-refractivity contribution in [2.45, 2.75) is 19.4 Å². The highest BCUT2D eigenvalue weighted by Gasteiger charge is 2.19. The zero-order valence-corrected chi connectivity index (χ0v) is 8.58. The lowest BCUT2D eigenvalue weighted by Crippen LogP contribution is -2.16. The topological polar surface area (TPSA) is 35.2 Å². The minimum Gasteiger partial charge on any atom is -0.496 e. The van der Waals surface area contributed by atoms with Crippen molar-refractivity contribution >= 4 is 5.57 Å². The number of nitrogens with two attached hydrogens (primary N) is 1. The first-order valence-corrected chi connectivity index (χ1v) is 4.86. The van der Waals surface area contributed by atoms with Crippen molar-refractivity contribution in [2.75, 3.05) is 7.11 Å². The van der Waals surface area contributed by atoms with Gasteiger partial charge in [0, 0.05) is 11.6 Å². The lowest BCUT2D eigenvalue weighted by molar-refractivity contribution is 0.411. The van der Waals surface area contributed by atoms with Gasteiger partial charge in [0.05, 0.1) is 7.11 Å². The van der Waals surface area contributed by atoms with Crippen molar-refractivity contribution in [3.05, 3.63) is 35.4 Å². The van der Waals surface area contributed by atoms with E-state index in [0.717, 1.165) is 12.2 Å². The quantitative estimate of drug-likeness (QED) is 0.772. The maximum Gasteiger partial charge on any atom is 0.122 e. The number of fused-ring (bicyclic) bond motifs is 1. The van der Waals surface area contributed by atoms with Crippen molar-refractivity contribution < 1.29 is 4.74 Å². The molecule has 0 heterocycles. The summed E-state index contributed by atoms with van der Waals surface area (Å²) in [5, 5.41) is 0. The van der Waals surface area contributed by atoms with Gasteiger partial charge in [-0.1, -0.05) is 18.2 Å². The number of ether oxygens (including phenoxy) is 1. The molecule has 1 aliphatic carbocycles. The molecule has 2 rings (SSSR count). The largest absolute Gasteiger partial charge is 0.496 e. The number of hydrogen-bond acceptors (Lipinski definition) is 2. The van der Waals surface area contributed by atoms with E-state index >= 15 is 0 Å². The SMILES string of the molecule is COc1cccc2c1CC=C2C(C)N. The second kappa shape index (κ2) is 3.46. The normalized spacial score (nSPS) is 16.1. The van der Waals surface area contributed by atoms with Gasteiger partial charge >= 0.3 is 0 Å². The molecule has 0 fully saturated rings. The molecule has 0 aromatic heterocycles. The van der Waals surface area contributed by atoms with E-state index in [9.17, 15) is 0 Å². The summed E-state index contributed by atoms with van der Waals surface area (Å²) in [7, 11) is 1.71. The molecule has 14 heavy (non-hydrogen) atoms. The Labute approximate surface area is 84.4 Å². The van der Waals surface area contributed by atoms with E-state index in [-0.39, 0.29) is 6.04 Å². The third kappa shape index (κ3) is 1.32. The molecule has 2 N–H and O–H groups in total. The molecule has 0 saturated carbocycles. The summed E-state index contributed by atoms with van der Waals surface area (Å²) >= 11 is 0. The molecular formula is C12H15NO. The minimum absolute atomic E-state index is 0.100. The Bertz CT molecular complexity index is 380. The Kier molecular flexibility index (Phi) is 2.30. The number of methoxy groups -OCH3 is 1. The van der Waals surface area contributed by atoms with Gasteiger partial charge in [0.25, 0.3) is 0 Å². The third-order valence-corrected chi connectivity index (χ3v) is 2.68. The van der Waals surface area contributed by atoms with Crippen molar-refractivity contribution in [1.29, 1.82) is 0 Å². The van der Waals surface area contributed by atoms with E-state index in [4.69, 9.17) is 10.5 Å². The second-order valence-corrected chi connectivity index (χ2v) is 3.64. The Morgan fingerprint density at radius 2 is 2.21 bits per heavy atom. The molecule has 0 spiro atoms. The number of allylic oxidation sites excluding steroid dienone is 1. The zero-order chi connectivity index (χ0) is 10.1. The smallest absolute Gasteiger partial charge is 0.122 e. The van der Waals surface area contributed by atoms with Crippen molar-refractivity contribution in [1.82, 2.24) is 0 Å². The average molecular weight is 189 g/mol. The molecule has 2 nitrogen and oxygen atoms in total. The fourth-order valence-corrected chi connectivity index (χ4v) is 1.99. The highest BCUT2D eigenvalue weighted by molar-refractivity contribution is 5.77. The van der Waals surface area contributed by atoms with Crippen LogP contribution in [0, 0.1) is 0 Å². The third-order valence-electron chi connectivity index (χ3n) is 2.68. The second-order valence-electron chi connectivity index (χ2n) is 3.64. The summed E-state index contributed by atoms with van der Waals surface area (Å²) in [5.74, 6) is 0.967. The molecule has 2 heteroatoms. The van der Waals surface area contributed by atoms with Crippen LogP contribution in [0.3, 0.4) is 0 Å². The molecule has 1 unspecified atom stereocenters. The van der Waals surface area contributed by atoms with Gasteiger partial charge < -0.3 is 10.5 Å². The van der Waals surface area contributed by atoms with Crippen molar-refractivity contribution in [3.8, 4) is 5.75 Å². The van der Waals surface area contributed by atoms with Crippen molar-refractivity contribution in [3.63, 3.8) is 0 Å². The van der Waals surface area contributed by atoms with E-state index in [1.54, 1.807) is 7.11 Å². The first-order valence-electron chi connectivity index (χ1n) is 4.86. The summed E-state index contributed by atoms with van der Waals surface area (Å²) in [6.07, 6.45) is 3.13. The molecular weight excluding hydrogens is 174 g/mol. The highest BCUT2D eigenvalue weighted by atomic mass is 16.5. The van der Waals surface area contributed by atoms with Crippen LogP contribution in [-0.2, 0) is 6.42 Å². The van der Waals surface area contributed by atoms with Crippen LogP contribution in [-0.4, -0.2) is 13.2 Å². The molecule has 0 amide bonds. The van der Waals surface area contributed by atoms with Gasteiger partial charge in [-0.15, -0.1) is 0 Å². The van der Waals surface area contributed by atoms with Crippen molar-refractivity contribution in [2.24, 2.45) is 5.73 Å². The molecule has 0 aliphatic heterocycles. The first kappa shape index (κ1) is 9.28. The Morgan fingerprint density at radius 3 is 2.86 bits per heavy atom. The summed E-state index contributed by atoms with van der Waals surface area (Å²) in [4.78, 5) is 0. The maximum absolute atomic E-state index is 5.89. The predicted molar refractivity (Wildman–Crippen MR) is 58.3 cm³/mol. The van der Waals surface area contributed by atoms with Crippen LogP contribution in [0.4, 0.5) is 0 Å². The molecule has 0 saturated heterocycles. The molecule has 1 atom stereocenters. The van der Waals surface area contributed by atoms with E-state index < -0.39 is 0 Å².